The molecule has 40 heavy (non-hydrogen) atoms. The first kappa shape index (κ1) is 32.0. The second-order valence-electron chi connectivity index (χ2n) is 11.7. The topological polar surface area (TPSA) is 44.8 Å². The number of hydrogen-bond donors (Lipinski definition) is 0. The predicted molar refractivity (Wildman–Crippen MR) is 166 cm³/mol. The molecular formula is C36H54O4. The van der Waals surface area contributed by atoms with Crippen molar-refractivity contribution in [3.8, 4) is 17.2 Å². The Morgan fingerprint density at radius 3 is 1.62 bits per heavy atom. The molecule has 0 unspecified atom stereocenters. The molecule has 0 aliphatic heterocycles. The molecule has 0 saturated heterocycles. The number of carbonyl (C=O) groups excluding carboxylic acids is 1. The van der Waals surface area contributed by atoms with Crippen molar-refractivity contribution < 1.29 is 19.0 Å². The molecule has 2 aromatic rings. The Balaban J connectivity index is 1.25. The zero-order valence-electron chi connectivity index (χ0n) is 25.3. The van der Waals surface area contributed by atoms with Gasteiger partial charge in [-0.15, -0.1) is 0 Å². The van der Waals surface area contributed by atoms with Crippen LogP contribution in [0.5, 0.6) is 17.2 Å². The zero-order chi connectivity index (χ0) is 28.3. The van der Waals surface area contributed by atoms with Crippen LogP contribution < -0.4 is 14.2 Å². The Kier molecular flexibility index (Phi) is 15.7. The molecule has 1 fully saturated rings. The van der Waals surface area contributed by atoms with Crippen LogP contribution in [-0.2, 0) is 0 Å². The fourth-order valence-electron chi connectivity index (χ4n) is 5.84. The maximum absolute atomic E-state index is 12.6. The minimum Gasteiger partial charge on any atom is -0.494 e. The second kappa shape index (κ2) is 19.6. The van der Waals surface area contributed by atoms with E-state index in [-0.39, 0.29) is 5.97 Å². The Bertz CT molecular complexity index is 913. The summed E-state index contributed by atoms with van der Waals surface area (Å²) in [5, 5.41) is 0. The van der Waals surface area contributed by atoms with Crippen LogP contribution in [-0.4, -0.2) is 19.2 Å². The molecule has 2 aromatic carbocycles. The number of hydrogen-bond acceptors (Lipinski definition) is 4. The molecular weight excluding hydrogens is 496 g/mol. The SMILES string of the molecule is CCCCCCCCCCCOc1ccc(C(=O)Oc2ccc(OCCC[C@H]3CC[C@H](CCC)CC3)cc2)cc1. The predicted octanol–water partition coefficient (Wildman–Crippen LogP) is 10.6. The van der Waals surface area contributed by atoms with Crippen LogP contribution in [0.4, 0.5) is 0 Å². The van der Waals surface area contributed by atoms with Crippen molar-refractivity contribution in [2.24, 2.45) is 11.8 Å². The number of benzene rings is 2. The van der Waals surface area contributed by atoms with Crippen LogP contribution >= 0.6 is 0 Å². The summed E-state index contributed by atoms with van der Waals surface area (Å²) in [4.78, 5) is 12.6. The summed E-state index contributed by atoms with van der Waals surface area (Å²) < 4.78 is 17.3. The number of rotatable bonds is 20. The highest BCUT2D eigenvalue weighted by molar-refractivity contribution is 5.91. The van der Waals surface area contributed by atoms with Gasteiger partial charge >= 0.3 is 5.97 Å². The van der Waals surface area contributed by atoms with Crippen molar-refractivity contribution in [2.45, 2.75) is 123 Å². The van der Waals surface area contributed by atoms with E-state index in [4.69, 9.17) is 14.2 Å². The fourth-order valence-corrected chi connectivity index (χ4v) is 5.84. The third-order valence-electron chi connectivity index (χ3n) is 8.33. The van der Waals surface area contributed by atoms with Gasteiger partial charge in [0.05, 0.1) is 18.8 Å². The molecule has 222 valence electrons. The Morgan fingerprint density at radius 2 is 1.05 bits per heavy atom. The van der Waals surface area contributed by atoms with Gasteiger partial charge in [0.2, 0.25) is 0 Å². The number of esters is 1. The van der Waals surface area contributed by atoms with Crippen molar-refractivity contribution in [2.75, 3.05) is 13.2 Å². The Hall–Kier alpha value is -2.49. The van der Waals surface area contributed by atoms with Gasteiger partial charge in [0.1, 0.15) is 17.2 Å². The molecule has 0 heterocycles. The average molecular weight is 551 g/mol. The monoisotopic (exact) mass is 550 g/mol. The lowest BCUT2D eigenvalue weighted by Crippen LogP contribution is -2.15. The van der Waals surface area contributed by atoms with E-state index in [1.807, 2.05) is 24.3 Å². The first-order valence-electron chi connectivity index (χ1n) is 16.4. The van der Waals surface area contributed by atoms with Gasteiger partial charge in [-0.25, -0.2) is 4.79 Å². The van der Waals surface area contributed by atoms with Crippen LogP contribution in [0.25, 0.3) is 0 Å². The lowest BCUT2D eigenvalue weighted by Gasteiger charge is -2.28. The summed E-state index contributed by atoms with van der Waals surface area (Å²) in [6.45, 7) is 6.01. The van der Waals surface area contributed by atoms with Gasteiger partial charge in [-0.3, -0.25) is 0 Å². The fraction of sp³-hybridized carbons (Fsp3) is 0.639. The van der Waals surface area contributed by atoms with Crippen molar-refractivity contribution in [1.82, 2.24) is 0 Å². The lowest BCUT2D eigenvalue weighted by molar-refractivity contribution is 0.0734. The van der Waals surface area contributed by atoms with Crippen molar-refractivity contribution >= 4 is 5.97 Å². The maximum atomic E-state index is 12.6. The molecule has 4 nitrogen and oxygen atoms in total. The van der Waals surface area contributed by atoms with Gasteiger partial charge in [-0.1, -0.05) is 104 Å². The van der Waals surface area contributed by atoms with Gasteiger partial charge in [0, 0.05) is 0 Å². The zero-order valence-corrected chi connectivity index (χ0v) is 25.3. The van der Waals surface area contributed by atoms with E-state index in [1.165, 1.54) is 96.3 Å². The van der Waals surface area contributed by atoms with E-state index >= 15 is 0 Å². The summed E-state index contributed by atoms with van der Waals surface area (Å²) in [7, 11) is 0. The highest BCUT2D eigenvalue weighted by Crippen LogP contribution is 2.33. The lowest BCUT2D eigenvalue weighted by atomic mass is 9.78. The largest absolute Gasteiger partial charge is 0.494 e. The van der Waals surface area contributed by atoms with Gasteiger partial charge in [0.25, 0.3) is 0 Å². The van der Waals surface area contributed by atoms with Crippen LogP contribution in [0.2, 0.25) is 0 Å². The van der Waals surface area contributed by atoms with Crippen molar-refractivity contribution in [1.29, 1.82) is 0 Å². The molecule has 0 amide bonds. The molecule has 1 aliphatic carbocycles. The first-order chi connectivity index (χ1) is 19.7. The molecule has 3 rings (SSSR count). The quantitative estimate of drug-likeness (QED) is 0.0934. The maximum Gasteiger partial charge on any atom is 0.343 e. The number of unbranched alkanes of at least 4 members (excludes halogenated alkanes) is 8. The van der Waals surface area contributed by atoms with Gasteiger partial charge in [-0.05, 0) is 79.6 Å². The number of carbonyl (C=O) groups is 1. The van der Waals surface area contributed by atoms with E-state index in [1.54, 1.807) is 24.3 Å². The third-order valence-corrected chi connectivity index (χ3v) is 8.33. The smallest absolute Gasteiger partial charge is 0.343 e. The van der Waals surface area contributed by atoms with Crippen LogP contribution in [0.3, 0.4) is 0 Å². The van der Waals surface area contributed by atoms with Crippen LogP contribution in [0.15, 0.2) is 48.5 Å². The Labute approximate surface area is 244 Å². The molecule has 0 bridgehead atoms. The molecule has 0 spiro atoms. The van der Waals surface area contributed by atoms with E-state index in [0.717, 1.165) is 42.8 Å². The van der Waals surface area contributed by atoms with E-state index in [2.05, 4.69) is 13.8 Å². The normalized spacial score (nSPS) is 16.9. The van der Waals surface area contributed by atoms with Crippen LogP contribution in [0, 0.1) is 11.8 Å². The average Bonchev–Trinajstić information content (AvgIpc) is 2.98. The molecule has 0 radical (unpaired) electrons. The summed E-state index contributed by atoms with van der Waals surface area (Å²) in [6, 6.07) is 14.6. The van der Waals surface area contributed by atoms with E-state index < -0.39 is 0 Å². The highest BCUT2D eigenvalue weighted by atomic mass is 16.5. The molecule has 0 N–H and O–H groups in total. The van der Waals surface area contributed by atoms with Gasteiger partial charge in [0.15, 0.2) is 0 Å². The summed E-state index contributed by atoms with van der Waals surface area (Å²) in [6.07, 6.45) is 22.4. The second-order valence-corrected chi connectivity index (χ2v) is 11.7. The standard InChI is InChI=1S/C36H54O4/c1-3-5-6-7-8-9-10-11-12-28-38-33-22-20-32(21-23-33)36(37)40-35-26-24-34(25-27-35)39-29-13-15-31-18-16-30(14-4-2)17-19-31/h20-27,30-31H,3-19,28-29H2,1-2H3/t30-,31-. The molecule has 1 aliphatic rings. The molecule has 0 aromatic heterocycles. The summed E-state index contributed by atoms with van der Waals surface area (Å²) in [5.74, 6) is 3.61. The van der Waals surface area contributed by atoms with Crippen LogP contribution in [0.1, 0.15) is 133 Å². The highest BCUT2D eigenvalue weighted by Gasteiger charge is 2.20. The first-order valence-corrected chi connectivity index (χ1v) is 16.4. The summed E-state index contributed by atoms with van der Waals surface area (Å²) >= 11 is 0. The van der Waals surface area contributed by atoms with Gasteiger partial charge in [-0.2, -0.15) is 0 Å². The van der Waals surface area contributed by atoms with Crippen molar-refractivity contribution in [3.05, 3.63) is 54.1 Å². The van der Waals surface area contributed by atoms with E-state index in [0.29, 0.717) is 17.9 Å². The minimum absolute atomic E-state index is 0.368. The molecule has 1 saturated carbocycles. The third kappa shape index (κ3) is 12.8. The number of ether oxygens (including phenoxy) is 3. The Morgan fingerprint density at radius 1 is 0.575 bits per heavy atom. The van der Waals surface area contributed by atoms with E-state index in [9.17, 15) is 4.79 Å². The minimum atomic E-state index is -0.368. The molecule has 0 atom stereocenters. The van der Waals surface area contributed by atoms with Gasteiger partial charge < -0.3 is 14.2 Å². The summed E-state index contributed by atoms with van der Waals surface area (Å²) in [5.41, 5.74) is 0.513. The van der Waals surface area contributed by atoms with Crippen molar-refractivity contribution in [3.63, 3.8) is 0 Å². The molecule has 4 heteroatoms.